The fourth-order valence-electron chi connectivity index (χ4n) is 1.18. The number of halogens is 9. The zero-order valence-electron chi connectivity index (χ0n) is 13.0. The van der Waals surface area contributed by atoms with E-state index in [4.69, 9.17) is 0 Å². The summed E-state index contributed by atoms with van der Waals surface area (Å²) in [6.45, 7) is 0. The highest BCUT2D eigenvalue weighted by Crippen LogP contribution is 2.39. The molecule has 0 unspecified atom stereocenters. The standard InChI is InChI=1S/C9H3F9O9S3/c10-7(11,12)28(19,20)25-4-1-2-5(26-29(21,22)8(13,14)15)6(3-4)27-30(23,24)9(16,17)18/h1-3H. The van der Waals surface area contributed by atoms with Gasteiger partial charge in [-0.05, 0) is 12.1 Å². The van der Waals surface area contributed by atoms with Gasteiger partial charge in [0.2, 0.25) is 0 Å². The Morgan fingerprint density at radius 3 is 1.23 bits per heavy atom. The molecule has 0 aliphatic heterocycles. The van der Waals surface area contributed by atoms with Crippen molar-refractivity contribution in [1.29, 1.82) is 0 Å². The Kier molecular flexibility index (Phi) is 6.48. The van der Waals surface area contributed by atoms with Gasteiger partial charge >= 0.3 is 46.9 Å². The van der Waals surface area contributed by atoms with Crippen LogP contribution in [0, 0.1) is 0 Å². The molecule has 0 heterocycles. The minimum absolute atomic E-state index is 0.00240. The summed E-state index contributed by atoms with van der Waals surface area (Å²) in [4.78, 5) is 0. The summed E-state index contributed by atoms with van der Waals surface area (Å²) < 4.78 is 187. The molecule has 21 heteroatoms. The number of rotatable bonds is 6. The molecule has 0 spiro atoms. The number of hydrogen-bond acceptors (Lipinski definition) is 9. The molecule has 9 nitrogen and oxygen atoms in total. The summed E-state index contributed by atoms with van der Waals surface area (Å²) in [6, 6.07) is -0.572. The summed E-state index contributed by atoms with van der Waals surface area (Å²) in [5, 5.41) is 0. The van der Waals surface area contributed by atoms with Crippen molar-refractivity contribution < 1.29 is 77.3 Å². The van der Waals surface area contributed by atoms with E-state index < -0.39 is 70.2 Å². The maximum absolute atomic E-state index is 12.4. The Labute approximate surface area is 160 Å². The zero-order chi connectivity index (χ0) is 24.0. The van der Waals surface area contributed by atoms with Crippen LogP contribution in [-0.4, -0.2) is 41.8 Å². The van der Waals surface area contributed by atoms with Crippen LogP contribution in [0.15, 0.2) is 18.2 Å². The first-order valence-corrected chi connectivity index (χ1v) is 10.4. The van der Waals surface area contributed by atoms with Crippen LogP contribution in [0.3, 0.4) is 0 Å². The zero-order valence-corrected chi connectivity index (χ0v) is 15.5. The van der Waals surface area contributed by atoms with E-state index >= 15 is 0 Å². The summed E-state index contributed by atoms with van der Waals surface area (Å²) in [5.41, 5.74) is -18.5. The predicted molar refractivity (Wildman–Crippen MR) is 73.3 cm³/mol. The molecular weight excluding hydrogens is 519 g/mol. The molecule has 1 rings (SSSR count). The van der Waals surface area contributed by atoms with Crippen LogP contribution in [-0.2, 0) is 30.4 Å². The topological polar surface area (TPSA) is 130 Å². The van der Waals surface area contributed by atoms with E-state index in [0.717, 1.165) is 0 Å². The van der Waals surface area contributed by atoms with Crippen LogP contribution in [0.4, 0.5) is 39.5 Å². The van der Waals surface area contributed by atoms with Gasteiger partial charge < -0.3 is 12.5 Å². The van der Waals surface area contributed by atoms with Crippen LogP contribution in [0.25, 0.3) is 0 Å². The van der Waals surface area contributed by atoms with Gasteiger partial charge in [0, 0.05) is 6.07 Å². The minimum Gasteiger partial charge on any atom is -0.376 e. The fraction of sp³-hybridized carbons (Fsp3) is 0.333. The molecule has 0 radical (unpaired) electrons. The van der Waals surface area contributed by atoms with Crippen molar-refractivity contribution in [3.8, 4) is 17.2 Å². The van der Waals surface area contributed by atoms with Crippen LogP contribution < -0.4 is 12.5 Å². The van der Waals surface area contributed by atoms with Gasteiger partial charge in [-0.1, -0.05) is 0 Å². The third-order valence-electron chi connectivity index (χ3n) is 2.37. The second-order valence-corrected chi connectivity index (χ2v) is 9.17. The second-order valence-electron chi connectivity index (χ2n) is 4.56. The highest BCUT2D eigenvalue weighted by molar-refractivity contribution is 7.88. The molecular formula is C9H3F9O9S3. The van der Waals surface area contributed by atoms with Crippen LogP contribution in [0.1, 0.15) is 0 Å². The monoisotopic (exact) mass is 522 g/mol. The van der Waals surface area contributed by atoms with Gasteiger partial charge in [0.05, 0.1) is 0 Å². The van der Waals surface area contributed by atoms with E-state index in [1.165, 1.54) is 0 Å². The molecule has 0 aliphatic carbocycles. The van der Waals surface area contributed by atoms with Crippen molar-refractivity contribution in [3.05, 3.63) is 18.2 Å². The van der Waals surface area contributed by atoms with E-state index in [1.807, 2.05) is 0 Å². The van der Waals surface area contributed by atoms with Crippen LogP contribution in [0.5, 0.6) is 17.2 Å². The smallest absolute Gasteiger partial charge is 0.376 e. The third-order valence-corrected chi connectivity index (χ3v) is 5.28. The minimum atomic E-state index is -6.74. The molecule has 0 aromatic heterocycles. The van der Waals surface area contributed by atoms with Gasteiger partial charge in [0.15, 0.2) is 11.5 Å². The summed E-state index contributed by atoms with van der Waals surface area (Å²) in [7, 11) is -19.8. The molecule has 0 saturated heterocycles. The first-order chi connectivity index (χ1) is 13.0. The molecule has 0 atom stereocenters. The van der Waals surface area contributed by atoms with E-state index in [-0.39, 0.29) is 12.1 Å². The average molecular weight is 522 g/mol. The number of alkyl halides is 9. The maximum Gasteiger partial charge on any atom is 0.534 e. The molecule has 1 aromatic carbocycles. The lowest BCUT2D eigenvalue weighted by Crippen LogP contribution is -2.30. The van der Waals surface area contributed by atoms with E-state index in [2.05, 4.69) is 12.5 Å². The first kappa shape index (κ1) is 25.9. The highest BCUT2D eigenvalue weighted by atomic mass is 32.2. The normalized spacial score (nSPS) is 14.3. The van der Waals surface area contributed by atoms with E-state index in [1.54, 1.807) is 0 Å². The molecule has 174 valence electrons. The van der Waals surface area contributed by atoms with E-state index in [9.17, 15) is 64.8 Å². The summed E-state index contributed by atoms with van der Waals surface area (Å²) >= 11 is 0. The van der Waals surface area contributed by atoms with Gasteiger partial charge in [-0.25, -0.2) is 0 Å². The molecule has 0 saturated carbocycles. The lowest BCUT2D eigenvalue weighted by atomic mass is 10.3. The summed E-state index contributed by atoms with van der Waals surface area (Å²) in [5.74, 6) is -5.65. The Morgan fingerprint density at radius 1 is 0.533 bits per heavy atom. The van der Waals surface area contributed by atoms with Gasteiger partial charge in [0.1, 0.15) is 5.75 Å². The van der Waals surface area contributed by atoms with E-state index in [0.29, 0.717) is 0 Å². The van der Waals surface area contributed by atoms with Crippen LogP contribution in [0.2, 0.25) is 0 Å². The largest absolute Gasteiger partial charge is 0.534 e. The van der Waals surface area contributed by atoms with Crippen molar-refractivity contribution in [2.24, 2.45) is 0 Å². The molecule has 0 fully saturated rings. The lowest BCUT2D eigenvalue weighted by Gasteiger charge is -2.16. The number of benzene rings is 1. The first-order valence-electron chi connectivity index (χ1n) is 6.16. The Balaban J connectivity index is 3.57. The molecule has 0 aliphatic rings. The Morgan fingerprint density at radius 2 is 0.867 bits per heavy atom. The van der Waals surface area contributed by atoms with Crippen molar-refractivity contribution in [3.63, 3.8) is 0 Å². The van der Waals surface area contributed by atoms with Gasteiger partial charge in [-0.2, -0.15) is 64.8 Å². The molecule has 1 aromatic rings. The van der Waals surface area contributed by atoms with Crippen molar-refractivity contribution in [1.82, 2.24) is 0 Å². The fourth-order valence-corrected chi connectivity index (χ4v) is 2.56. The molecule has 0 N–H and O–H groups in total. The quantitative estimate of drug-likeness (QED) is 0.314. The Bertz CT molecular complexity index is 1110. The van der Waals surface area contributed by atoms with Crippen LogP contribution >= 0.6 is 0 Å². The highest BCUT2D eigenvalue weighted by Gasteiger charge is 2.52. The lowest BCUT2D eigenvalue weighted by molar-refractivity contribution is -0.0513. The maximum atomic E-state index is 12.4. The predicted octanol–water partition coefficient (Wildman–Crippen LogP) is 2.37. The molecule has 30 heavy (non-hydrogen) atoms. The molecule has 0 bridgehead atoms. The third kappa shape index (κ3) is 5.71. The molecule has 0 amide bonds. The van der Waals surface area contributed by atoms with Gasteiger partial charge in [-0.15, -0.1) is 0 Å². The van der Waals surface area contributed by atoms with Crippen molar-refractivity contribution in [2.45, 2.75) is 16.5 Å². The Hall–Kier alpha value is -2.16. The summed E-state index contributed by atoms with van der Waals surface area (Å²) in [6.07, 6.45) is 0. The van der Waals surface area contributed by atoms with Crippen molar-refractivity contribution >= 4 is 30.4 Å². The van der Waals surface area contributed by atoms with Gasteiger partial charge in [0.25, 0.3) is 0 Å². The number of hydrogen-bond donors (Lipinski definition) is 0. The SMILES string of the molecule is O=S(=O)(Oc1ccc(OS(=O)(=O)C(F)(F)F)c(OS(=O)(=O)C(F)(F)F)c1)C(F)(F)F. The van der Waals surface area contributed by atoms with Gasteiger partial charge in [-0.3, -0.25) is 0 Å². The van der Waals surface area contributed by atoms with Crippen molar-refractivity contribution in [2.75, 3.05) is 0 Å². The average Bonchev–Trinajstić information content (AvgIpc) is 2.45. The second kappa shape index (κ2) is 7.51.